The maximum atomic E-state index is 6.46. The summed E-state index contributed by atoms with van der Waals surface area (Å²) < 4.78 is 38.6. The molecule has 0 aliphatic carbocycles. The Bertz CT molecular complexity index is 400. The summed E-state index contributed by atoms with van der Waals surface area (Å²) >= 11 is 0. The van der Waals surface area contributed by atoms with Crippen LogP contribution in [0.15, 0.2) is 0 Å². The van der Waals surface area contributed by atoms with Gasteiger partial charge in [0.25, 0.3) is 0 Å². The topological polar surface area (TPSA) is 55.4 Å². The van der Waals surface area contributed by atoms with Gasteiger partial charge in [-0.25, -0.2) is 0 Å². The smallest absolute Gasteiger partial charge is 0.417 e. The predicted molar refractivity (Wildman–Crippen MR) is 111 cm³/mol. The van der Waals surface area contributed by atoms with E-state index in [-0.39, 0.29) is 0 Å². The Labute approximate surface area is 154 Å². The molecule has 1 saturated heterocycles. The van der Waals surface area contributed by atoms with Gasteiger partial charge in [-0.05, 0) is 65.5 Å². The molecular formula is C12H36O6Si6. The van der Waals surface area contributed by atoms with Crippen LogP contribution in [0.25, 0.3) is 0 Å². The van der Waals surface area contributed by atoms with E-state index < -0.39 is 51.4 Å². The molecule has 0 amide bonds. The molecule has 0 aromatic carbocycles. The summed E-state index contributed by atoms with van der Waals surface area (Å²) in [4.78, 5) is 0. The van der Waals surface area contributed by atoms with E-state index in [0.717, 1.165) is 0 Å². The summed E-state index contributed by atoms with van der Waals surface area (Å²) in [7, 11) is -14.3. The molecule has 1 aliphatic heterocycles. The van der Waals surface area contributed by atoms with Crippen LogP contribution in [-0.2, 0) is 24.7 Å². The average molecular weight is 445 g/mol. The fourth-order valence-electron chi connectivity index (χ4n) is 3.06. The van der Waals surface area contributed by atoms with Crippen LogP contribution in [0.3, 0.4) is 0 Å². The molecule has 1 rings (SSSR count). The quantitative estimate of drug-likeness (QED) is 0.602. The van der Waals surface area contributed by atoms with E-state index in [2.05, 4.69) is 39.3 Å². The summed E-state index contributed by atoms with van der Waals surface area (Å²) in [5, 5.41) is 0. The highest BCUT2D eigenvalue weighted by molar-refractivity contribution is 6.94. The highest BCUT2D eigenvalue weighted by Crippen LogP contribution is 2.34. The lowest BCUT2D eigenvalue weighted by Crippen LogP contribution is -2.69. The lowest BCUT2D eigenvalue weighted by molar-refractivity contribution is 0.150. The third-order valence-electron chi connectivity index (χ3n) is 2.71. The van der Waals surface area contributed by atoms with Crippen LogP contribution in [0.4, 0.5) is 0 Å². The summed E-state index contributed by atoms with van der Waals surface area (Å²) in [6, 6.07) is 0. The minimum Gasteiger partial charge on any atom is -0.417 e. The Morgan fingerprint density at radius 1 is 0.500 bits per heavy atom. The highest BCUT2D eigenvalue weighted by Gasteiger charge is 2.58. The molecule has 0 radical (unpaired) electrons. The maximum Gasteiger partial charge on any atom is 0.469 e. The second-order valence-corrected chi connectivity index (χ2v) is 31.8. The molecule has 144 valence electrons. The Hall–Kier alpha value is 1.06. The third-order valence-corrected chi connectivity index (χ3v) is 24.4. The maximum absolute atomic E-state index is 6.46. The molecule has 0 aromatic rings. The largest absolute Gasteiger partial charge is 0.469 e. The van der Waals surface area contributed by atoms with Crippen molar-refractivity contribution in [3.8, 4) is 0 Å². The van der Waals surface area contributed by atoms with Crippen molar-refractivity contribution in [3.05, 3.63) is 0 Å². The third kappa shape index (κ3) is 8.17. The van der Waals surface area contributed by atoms with Crippen molar-refractivity contribution >= 4 is 51.4 Å². The Morgan fingerprint density at radius 3 is 0.875 bits per heavy atom. The second kappa shape index (κ2) is 6.90. The van der Waals surface area contributed by atoms with Crippen LogP contribution in [0, 0.1) is 0 Å². The molecule has 6 nitrogen and oxygen atoms in total. The van der Waals surface area contributed by atoms with Crippen molar-refractivity contribution in [1.29, 1.82) is 0 Å². The SMILES string of the molecule is C[Si](C)(C)O[Si]1(C)O[Si](C)(C)O[Si](C)(O[Si](C)(C)C)O[Si](C)(C)O1. The van der Waals surface area contributed by atoms with Crippen molar-refractivity contribution in [2.45, 2.75) is 78.6 Å². The van der Waals surface area contributed by atoms with Crippen molar-refractivity contribution < 1.29 is 24.7 Å². The monoisotopic (exact) mass is 444 g/mol. The van der Waals surface area contributed by atoms with Crippen LogP contribution < -0.4 is 0 Å². The van der Waals surface area contributed by atoms with Gasteiger partial charge in [-0.3, -0.25) is 0 Å². The summed E-state index contributed by atoms with van der Waals surface area (Å²) in [5.41, 5.74) is 0. The Morgan fingerprint density at radius 2 is 0.708 bits per heavy atom. The lowest BCUT2D eigenvalue weighted by atomic mass is 11.8. The van der Waals surface area contributed by atoms with Crippen LogP contribution in [0.5, 0.6) is 0 Å². The number of hydrogen-bond acceptors (Lipinski definition) is 6. The molecule has 0 spiro atoms. The van der Waals surface area contributed by atoms with E-state index in [1.54, 1.807) is 0 Å². The standard InChI is InChI=1S/C12H36O6Si6/c1-19(2,3)13-23(11)15-21(7,8)17-24(12,14-20(4,5)6)18-22(9,10)16-23/h1-12H3. The normalized spacial score (nSPS) is 34.5. The molecule has 12 heteroatoms. The zero-order valence-electron chi connectivity index (χ0n) is 17.4. The highest BCUT2D eigenvalue weighted by atomic mass is 28.6. The first-order chi connectivity index (χ1) is 10.2. The predicted octanol–water partition coefficient (Wildman–Crippen LogP) is 4.31. The van der Waals surface area contributed by atoms with Gasteiger partial charge >= 0.3 is 34.7 Å². The summed E-state index contributed by atoms with van der Waals surface area (Å²) in [6.45, 7) is 24.9. The van der Waals surface area contributed by atoms with E-state index in [4.69, 9.17) is 24.7 Å². The van der Waals surface area contributed by atoms with Crippen molar-refractivity contribution in [2.24, 2.45) is 0 Å². The molecule has 24 heavy (non-hydrogen) atoms. The molecule has 0 bridgehead atoms. The van der Waals surface area contributed by atoms with Crippen molar-refractivity contribution in [2.75, 3.05) is 0 Å². The molecule has 0 aromatic heterocycles. The molecule has 0 atom stereocenters. The lowest BCUT2D eigenvalue weighted by Gasteiger charge is -2.49. The Kier molecular flexibility index (Phi) is 6.64. The first kappa shape index (κ1) is 23.1. The molecule has 0 unspecified atom stereocenters. The molecule has 1 heterocycles. The van der Waals surface area contributed by atoms with Gasteiger partial charge in [0.05, 0.1) is 0 Å². The van der Waals surface area contributed by atoms with Crippen LogP contribution >= 0.6 is 0 Å². The first-order valence-electron chi connectivity index (χ1n) is 8.45. The van der Waals surface area contributed by atoms with Crippen LogP contribution in [-0.4, -0.2) is 51.4 Å². The second-order valence-electron chi connectivity index (χ2n) is 9.36. The zero-order valence-corrected chi connectivity index (χ0v) is 23.4. The first-order valence-corrected chi connectivity index (χ1v) is 25.3. The van der Waals surface area contributed by atoms with Crippen molar-refractivity contribution in [3.63, 3.8) is 0 Å². The van der Waals surface area contributed by atoms with Gasteiger partial charge in [-0.15, -0.1) is 0 Å². The van der Waals surface area contributed by atoms with Gasteiger partial charge in [0, 0.05) is 13.1 Å². The fraction of sp³-hybridized carbons (Fsp3) is 1.00. The average Bonchev–Trinajstić information content (AvgIpc) is 1.98. The van der Waals surface area contributed by atoms with E-state index in [1.165, 1.54) is 0 Å². The van der Waals surface area contributed by atoms with Gasteiger partial charge in [-0.2, -0.15) is 0 Å². The molecule has 1 fully saturated rings. The van der Waals surface area contributed by atoms with Gasteiger partial charge in [0.1, 0.15) is 0 Å². The summed E-state index contributed by atoms with van der Waals surface area (Å²) in [6.07, 6.45) is 0. The van der Waals surface area contributed by atoms with Gasteiger partial charge in [0.15, 0.2) is 16.6 Å². The van der Waals surface area contributed by atoms with Crippen molar-refractivity contribution in [1.82, 2.24) is 0 Å². The minimum atomic E-state index is -2.83. The van der Waals surface area contributed by atoms with Crippen LogP contribution in [0.2, 0.25) is 78.6 Å². The van der Waals surface area contributed by atoms with Crippen LogP contribution in [0.1, 0.15) is 0 Å². The Balaban J connectivity index is 3.18. The van der Waals surface area contributed by atoms with Gasteiger partial charge < -0.3 is 24.7 Å². The van der Waals surface area contributed by atoms with E-state index in [1.807, 2.05) is 39.3 Å². The van der Waals surface area contributed by atoms with E-state index in [0.29, 0.717) is 0 Å². The fourth-order valence-corrected chi connectivity index (χ4v) is 30.6. The molecule has 0 N–H and O–H groups in total. The zero-order chi connectivity index (χ0) is 19.2. The van der Waals surface area contributed by atoms with Gasteiger partial charge in [-0.1, -0.05) is 0 Å². The molecule has 1 aliphatic rings. The number of hydrogen-bond donors (Lipinski definition) is 0. The van der Waals surface area contributed by atoms with E-state index >= 15 is 0 Å². The van der Waals surface area contributed by atoms with Gasteiger partial charge in [0.2, 0.25) is 0 Å². The minimum absolute atomic E-state index is 1.82. The van der Waals surface area contributed by atoms with E-state index in [9.17, 15) is 0 Å². The molecule has 0 saturated carbocycles. The number of rotatable bonds is 4. The molecular weight excluding hydrogens is 409 g/mol. The summed E-state index contributed by atoms with van der Waals surface area (Å²) in [5.74, 6) is 0.